The topological polar surface area (TPSA) is 43.3 Å². The van der Waals surface area contributed by atoms with E-state index >= 15 is 0 Å². The maximum Gasteiger partial charge on any atom is 0.255 e. The number of amides is 1. The van der Waals surface area contributed by atoms with Crippen molar-refractivity contribution in [2.75, 3.05) is 12.4 Å². The van der Waals surface area contributed by atoms with E-state index in [4.69, 9.17) is 16.3 Å². The average molecular weight is 357 g/mol. The average Bonchev–Trinajstić information content (AvgIpc) is 2.85. The zero-order chi connectivity index (χ0) is 18.1. The fourth-order valence-corrected chi connectivity index (χ4v) is 3.34. The fourth-order valence-electron chi connectivity index (χ4n) is 3.17. The summed E-state index contributed by atoms with van der Waals surface area (Å²) in [5, 5.41) is 4.52. The molecule has 0 saturated carbocycles. The first-order valence-electron chi connectivity index (χ1n) is 8.20. The molecule has 0 radical (unpaired) electrons. The fraction of sp³-hybridized carbons (Fsp3) is 0.250. The highest BCUT2D eigenvalue weighted by Gasteiger charge is 2.14. The number of halogens is 1. The summed E-state index contributed by atoms with van der Waals surface area (Å²) < 4.78 is 7.54. The summed E-state index contributed by atoms with van der Waals surface area (Å²) in [6.45, 7) is 7.22. The summed E-state index contributed by atoms with van der Waals surface area (Å²) in [4.78, 5) is 12.7. The van der Waals surface area contributed by atoms with Crippen LogP contribution in [0.25, 0.3) is 10.9 Å². The van der Waals surface area contributed by atoms with Crippen LogP contribution in [0.15, 0.2) is 36.4 Å². The van der Waals surface area contributed by atoms with Crippen molar-refractivity contribution in [2.24, 2.45) is 0 Å². The predicted octanol–water partition coefficient (Wildman–Crippen LogP) is 5.19. The molecule has 0 spiro atoms. The van der Waals surface area contributed by atoms with Crippen LogP contribution in [-0.2, 0) is 6.54 Å². The van der Waals surface area contributed by atoms with Gasteiger partial charge in [-0.15, -0.1) is 0 Å². The lowest BCUT2D eigenvalue weighted by Crippen LogP contribution is -2.12. The van der Waals surface area contributed by atoms with Crippen LogP contribution < -0.4 is 10.1 Å². The number of benzene rings is 2. The van der Waals surface area contributed by atoms with Crippen molar-refractivity contribution in [1.29, 1.82) is 0 Å². The number of carbonyl (C=O) groups excluding carboxylic acids is 1. The van der Waals surface area contributed by atoms with Gasteiger partial charge in [0, 0.05) is 33.7 Å². The van der Waals surface area contributed by atoms with Gasteiger partial charge in [-0.2, -0.15) is 0 Å². The number of fused-ring (bicyclic) bond motifs is 1. The summed E-state index contributed by atoms with van der Waals surface area (Å²) in [6.07, 6.45) is 0. The number of aryl methyl sites for hydroxylation is 2. The number of ether oxygens (including phenoxy) is 1. The van der Waals surface area contributed by atoms with Gasteiger partial charge < -0.3 is 14.6 Å². The Morgan fingerprint density at radius 1 is 1.20 bits per heavy atom. The van der Waals surface area contributed by atoms with Gasteiger partial charge in [-0.25, -0.2) is 0 Å². The van der Waals surface area contributed by atoms with Crippen LogP contribution in [-0.4, -0.2) is 17.6 Å². The summed E-state index contributed by atoms with van der Waals surface area (Å²) in [7, 11) is 1.56. The van der Waals surface area contributed by atoms with E-state index < -0.39 is 0 Å². The molecule has 0 aliphatic rings. The zero-order valence-electron chi connectivity index (χ0n) is 14.8. The minimum atomic E-state index is -0.191. The van der Waals surface area contributed by atoms with Crippen LogP contribution in [0.2, 0.25) is 5.02 Å². The molecule has 0 fully saturated rings. The van der Waals surface area contributed by atoms with Crippen molar-refractivity contribution in [1.82, 2.24) is 4.57 Å². The van der Waals surface area contributed by atoms with Crippen molar-refractivity contribution in [3.8, 4) is 5.75 Å². The number of hydrogen-bond donors (Lipinski definition) is 1. The summed E-state index contributed by atoms with van der Waals surface area (Å²) in [5.41, 5.74) is 4.73. The van der Waals surface area contributed by atoms with Crippen molar-refractivity contribution in [3.05, 3.63) is 58.2 Å². The van der Waals surface area contributed by atoms with Crippen molar-refractivity contribution < 1.29 is 9.53 Å². The molecule has 3 aromatic rings. The summed E-state index contributed by atoms with van der Waals surface area (Å²) in [5.74, 6) is 0.381. The van der Waals surface area contributed by atoms with Crippen molar-refractivity contribution in [2.45, 2.75) is 27.3 Å². The molecule has 1 aromatic heterocycles. The number of rotatable bonds is 4. The lowest BCUT2D eigenvalue weighted by molar-refractivity contribution is 0.102. The third-order valence-corrected chi connectivity index (χ3v) is 4.86. The Bertz CT molecular complexity index is 960. The minimum Gasteiger partial charge on any atom is -0.495 e. The van der Waals surface area contributed by atoms with Gasteiger partial charge in [0.25, 0.3) is 5.91 Å². The van der Waals surface area contributed by atoms with Crippen LogP contribution in [0.3, 0.4) is 0 Å². The first-order valence-corrected chi connectivity index (χ1v) is 8.58. The monoisotopic (exact) mass is 356 g/mol. The quantitative estimate of drug-likeness (QED) is 0.698. The first kappa shape index (κ1) is 17.4. The molecule has 0 atom stereocenters. The third-order valence-electron chi connectivity index (χ3n) is 4.63. The molecule has 1 amide bonds. The Labute approximate surface area is 152 Å². The molecule has 1 N–H and O–H groups in total. The summed E-state index contributed by atoms with van der Waals surface area (Å²) in [6, 6.07) is 10.9. The van der Waals surface area contributed by atoms with Gasteiger partial charge >= 0.3 is 0 Å². The van der Waals surface area contributed by atoms with E-state index in [0.29, 0.717) is 22.0 Å². The van der Waals surface area contributed by atoms with Gasteiger partial charge in [-0.1, -0.05) is 11.6 Å². The maximum absolute atomic E-state index is 12.7. The number of methoxy groups -OCH3 is 1. The lowest BCUT2D eigenvalue weighted by atomic mass is 10.1. The molecule has 0 unspecified atom stereocenters. The number of nitrogens with one attached hydrogen (secondary N) is 1. The number of hydrogen-bond acceptors (Lipinski definition) is 2. The Kier molecular flexibility index (Phi) is 4.73. The molecule has 25 heavy (non-hydrogen) atoms. The number of aromatic nitrogens is 1. The standard InChI is InChI=1S/C20H21ClN2O2/c1-5-23-13(3)12(2)16-10-14(6-8-18(16)23)20(24)22-17-11-15(21)7-9-19(17)25-4/h6-11H,5H2,1-4H3,(H,22,24). The summed E-state index contributed by atoms with van der Waals surface area (Å²) >= 11 is 6.03. The number of nitrogens with zero attached hydrogens (tertiary/aromatic N) is 1. The second kappa shape index (κ2) is 6.81. The molecule has 2 aromatic carbocycles. The third kappa shape index (κ3) is 3.10. The normalized spacial score (nSPS) is 10.9. The van der Waals surface area contributed by atoms with Crippen LogP contribution in [0.5, 0.6) is 5.75 Å². The molecule has 0 aliphatic carbocycles. The van der Waals surface area contributed by atoms with E-state index in [1.54, 1.807) is 25.3 Å². The molecule has 3 rings (SSSR count). The van der Waals surface area contributed by atoms with Crippen LogP contribution >= 0.6 is 11.6 Å². The predicted molar refractivity (Wildman–Crippen MR) is 103 cm³/mol. The molecule has 5 heteroatoms. The van der Waals surface area contributed by atoms with E-state index in [1.165, 1.54) is 11.3 Å². The minimum absolute atomic E-state index is 0.191. The van der Waals surface area contributed by atoms with Gasteiger partial charge in [-0.3, -0.25) is 4.79 Å². The maximum atomic E-state index is 12.7. The molecular weight excluding hydrogens is 336 g/mol. The first-order chi connectivity index (χ1) is 12.0. The van der Waals surface area contributed by atoms with Gasteiger partial charge in [0.2, 0.25) is 0 Å². The SMILES string of the molecule is CCn1c(C)c(C)c2cc(C(=O)Nc3cc(Cl)ccc3OC)ccc21. The number of carbonyl (C=O) groups is 1. The van der Waals surface area contributed by atoms with Crippen molar-refractivity contribution >= 4 is 34.1 Å². The molecule has 130 valence electrons. The smallest absolute Gasteiger partial charge is 0.255 e. The lowest BCUT2D eigenvalue weighted by Gasteiger charge is -2.11. The van der Waals surface area contributed by atoms with E-state index in [9.17, 15) is 4.79 Å². The van der Waals surface area contributed by atoms with E-state index in [2.05, 4.69) is 30.7 Å². The molecule has 0 saturated heterocycles. The van der Waals surface area contributed by atoms with E-state index in [1.807, 2.05) is 18.2 Å². The van der Waals surface area contributed by atoms with Gasteiger partial charge in [0.1, 0.15) is 5.75 Å². The van der Waals surface area contributed by atoms with Gasteiger partial charge in [-0.05, 0) is 62.7 Å². The molecule has 0 bridgehead atoms. The molecule has 0 aliphatic heterocycles. The number of anilines is 1. The molecule has 4 nitrogen and oxygen atoms in total. The Hall–Kier alpha value is -2.46. The van der Waals surface area contributed by atoms with Crippen molar-refractivity contribution in [3.63, 3.8) is 0 Å². The molecule has 1 heterocycles. The highest BCUT2D eigenvalue weighted by molar-refractivity contribution is 6.31. The van der Waals surface area contributed by atoms with E-state index in [-0.39, 0.29) is 5.91 Å². The van der Waals surface area contributed by atoms with Gasteiger partial charge in [0.05, 0.1) is 12.8 Å². The van der Waals surface area contributed by atoms with Crippen LogP contribution in [0.1, 0.15) is 28.5 Å². The second-order valence-corrected chi connectivity index (χ2v) is 6.42. The highest BCUT2D eigenvalue weighted by atomic mass is 35.5. The Morgan fingerprint density at radius 2 is 1.96 bits per heavy atom. The van der Waals surface area contributed by atoms with Crippen LogP contribution in [0, 0.1) is 13.8 Å². The highest BCUT2D eigenvalue weighted by Crippen LogP contribution is 2.29. The Morgan fingerprint density at radius 3 is 2.64 bits per heavy atom. The van der Waals surface area contributed by atoms with Gasteiger partial charge in [0.15, 0.2) is 0 Å². The largest absolute Gasteiger partial charge is 0.495 e. The van der Waals surface area contributed by atoms with E-state index in [0.717, 1.165) is 17.4 Å². The Balaban J connectivity index is 1.98. The zero-order valence-corrected chi connectivity index (χ0v) is 15.6. The van der Waals surface area contributed by atoms with Crippen LogP contribution in [0.4, 0.5) is 5.69 Å². The molecular formula is C20H21ClN2O2. The second-order valence-electron chi connectivity index (χ2n) is 5.99.